The van der Waals surface area contributed by atoms with Crippen LogP contribution < -0.4 is 19.5 Å². The average molecular weight is 489 g/mol. The first kappa shape index (κ1) is 24.4. The van der Waals surface area contributed by atoms with Crippen molar-refractivity contribution in [3.05, 3.63) is 82.4 Å². The summed E-state index contributed by atoms with van der Waals surface area (Å²) >= 11 is 6.09. The van der Waals surface area contributed by atoms with Gasteiger partial charge in [-0.3, -0.25) is 9.52 Å². The Morgan fingerprint density at radius 3 is 2.36 bits per heavy atom. The van der Waals surface area contributed by atoms with Gasteiger partial charge in [-0.05, 0) is 66.9 Å². The second-order valence-electron chi connectivity index (χ2n) is 7.30. The minimum atomic E-state index is -4.05. The van der Waals surface area contributed by atoms with Crippen LogP contribution in [0.3, 0.4) is 0 Å². The van der Waals surface area contributed by atoms with E-state index in [1.807, 2.05) is 24.3 Å². The van der Waals surface area contributed by atoms with Crippen LogP contribution in [0.5, 0.6) is 11.5 Å². The summed E-state index contributed by atoms with van der Waals surface area (Å²) in [7, 11) is -1.05. The van der Waals surface area contributed by atoms with E-state index in [1.165, 1.54) is 31.4 Å². The molecule has 0 radical (unpaired) electrons. The lowest BCUT2D eigenvalue weighted by atomic mass is 10.1. The number of aryl methyl sites for hydroxylation is 1. The third-order valence-electron chi connectivity index (χ3n) is 4.94. The van der Waals surface area contributed by atoms with Gasteiger partial charge in [0.2, 0.25) is 0 Å². The van der Waals surface area contributed by atoms with Gasteiger partial charge in [-0.2, -0.15) is 0 Å². The number of ether oxygens (including phenoxy) is 2. The van der Waals surface area contributed by atoms with Crippen LogP contribution in [0.25, 0.3) is 0 Å². The Balaban J connectivity index is 1.78. The van der Waals surface area contributed by atoms with Gasteiger partial charge in [0.05, 0.1) is 25.5 Å². The number of methoxy groups -OCH3 is 2. The summed E-state index contributed by atoms with van der Waals surface area (Å²) in [6.07, 6.45) is 0.602. The highest BCUT2D eigenvalue weighted by Gasteiger charge is 2.23. The Morgan fingerprint density at radius 2 is 1.70 bits per heavy atom. The molecule has 0 bridgehead atoms. The number of nitrogens with one attached hydrogen (secondary N) is 2. The van der Waals surface area contributed by atoms with E-state index in [9.17, 15) is 13.2 Å². The van der Waals surface area contributed by atoms with Crippen molar-refractivity contribution in [3.63, 3.8) is 0 Å². The number of amides is 1. The zero-order valence-corrected chi connectivity index (χ0v) is 20.1. The first-order chi connectivity index (χ1) is 15.7. The largest absolute Gasteiger partial charge is 0.497 e. The molecule has 1 amide bonds. The summed E-state index contributed by atoms with van der Waals surface area (Å²) in [5.74, 6) is 0.529. The molecule has 9 heteroatoms. The van der Waals surface area contributed by atoms with Gasteiger partial charge < -0.3 is 14.8 Å². The zero-order valence-electron chi connectivity index (χ0n) is 18.5. The molecule has 0 aliphatic heterocycles. The number of anilines is 1. The second-order valence-corrected chi connectivity index (χ2v) is 9.39. The van der Waals surface area contributed by atoms with E-state index < -0.39 is 15.9 Å². The van der Waals surface area contributed by atoms with Crippen molar-refractivity contribution in [1.29, 1.82) is 0 Å². The summed E-state index contributed by atoms with van der Waals surface area (Å²) in [4.78, 5) is 12.8. The molecule has 0 atom stereocenters. The van der Waals surface area contributed by atoms with Gasteiger partial charge in [-0.25, -0.2) is 8.42 Å². The third kappa shape index (κ3) is 6.18. The monoisotopic (exact) mass is 488 g/mol. The molecular formula is C24H25ClN2O5S. The molecule has 0 aromatic heterocycles. The lowest BCUT2D eigenvalue weighted by molar-refractivity contribution is 0.0955. The summed E-state index contributed by atoms with van der Waals surface area (Å²) in [6.45, 7) is 2.14. The zero-order chi connectivity index (χ0) is 24.0. The van der Waals surface area contributed by atoms with Crippen molar-refractivity contribution >= 4 is 33.2 Å². The smallest absolute Gasteiger partial charge is 0.265 e. The molecule has 3 rings (SSSR count). The van der Waals surface area contributed by atoms with Crippen molar-refractivity contribution in [2.75, 3.05) is 25.5 Å². The molecule has 0 fully saturated rings. The Morgan fingerprint density at radius 1 is 0.970 bits per heavy atom. The average Bonchev–Trinajstić information content (AvgIpc) is 2.79. The van der Waals surface area contributed by atoms with Crippen molar-refractivity contribution in [1.82, 2.24) is 5.32 Å². The first-order valence-electron chi connectivity index (χ1n) is 10.1. The third-order valence-corrected chi connectivity index (χ3v) is 6.56. The fourth-order valence-electron chi connectivity index (χ4n) is 3.20. The van der Waals surface area contributed by atoms with Crippen LogP contribution in [-0.4, -0.2) is 35.1 Å². The van der Waals surface area contributed by atoms with Gasteiger partial charge in [0.25, 0.3) is 15.9 Å². The number of carbonyl (C=O) groups excluding carboxylic acids is 1. The van der Waals surface area contributed by atoms with Crippen molar-refractivity contribution in [2.24, 2.45) is 0 Å². The number of carbonyl (C=O) groups is 1. The minimum absolute atomic E-state index is 0.0316. The van der Waals surface area contributed by atoms with Crippen LogP contribution in [0.1, 0.15) is 21.5 Å². The van der Waals surface area contributed by atoms with Crippen molar-refractivity contribution in [3.8, 4) is 11.5 Å². The van der Waals surface area contributed by atoms with E-state index >= 15 is 0 Å². The van der Waals surface area contributed by atoms with Gasteiger partial charge >= 0.3 is 0 Å². The quantitative estimate of drug-likeness (QED) is 0.464. The summed E-state index contributed by atoms with van der Waals surface area (Å²) in [5, 5.41) is 3.11. The number of sulfonamides is 1. The Hall–Kier alpha value is -3.23. The van der Waals surface area contributed by atoms with E-state index in [4.69, 9.17) is 21.1 Å². The molecule has 0 spiro atoms. The number of rotatable bonds is 9. The van der Waals surface area contributed by atoms with E-state index in [0.29, 0.717) is 18.0 Å². The lowest BCUT2D eigenvalue weighted by Gasteiger charge is -2.15. The number of hydrogen-bond acceptors (Lipinski definition) is 5. The van der Waals surface area contributed by atoms with Gasteiger partial charge in [0.15, 0.2) is 0 Å². The predicted octanol–water partition coefficient (Wildman–Crippen LogP) is 4.44. The standard InChI is InChI=1S/C24H25ClN2O5S/c1-16-4-11-22(32-3)23(14-16)33(29,30)27-21-15-18(25)7-10-20(21)24(28)26-13-12-17-5-8-19(31-2)9-6-17/h4-11,14-15,27H,12-13H2,1-3H3,(H,26,28). The second kappa shape index (κ2) is 10.6. The molecule has 0 saturated carbocycles. The summed E-state index contributed by atoms with van der Waals surface area (Å²) < 4.78 is 39.0. The molecule has 33 heavy (non-hydrogen) atoms. The van der Waals surface area contributed by atoms with Gasteiger partial charge in [0, 0.05) is 11.6 Å². The highest BCUT2D eigenvalue weighted by molar-refractivity contribution is 7.92. The highest BCUT2D eigenvalue weighted by Crippen LogP contribution is 2.29. The van der Waals surface area contributed by atoms with Gasteiger partial charge in [-0.15, -0.1) is 0 Å². The normalized spacial score (nSPS) is 11.0. The molecule has 7 nitrogen and oxygen atoms in total. The Bertz CT molecular complexity index is 1240. The minimum Gasteiger partial charge on any atom is -0.497 e. The summed E-state index contributed by atoms with van der Waals surface area (Å²) in [5.41, 5.74) is 2.01. The van der Waals surface area contributed by atoms with Crippen LogP contribution in [0, 0.1) is 6.92 Å². The van der Waals surface area contributed by atoms with E-state index in [0.717, 1.165) is 16.9 Å². The van der Waals surface area contributed by atoms with Gasteiger partial charge in [-0.1, -0.05) is 29.8 Å². The molecule has 0 aliphatic carbocycles. The summed E-state index contributed by atoms with van der Waals surface area (Å²) in [6, 6.07) is 16.8. The maximum atomic E-state index is 13.1. The topological polar surface area (TPSA) is 93.7 Å². The van der Waals surface area contributed by atoms with Gasteiger partial charge in [0.1, 0.15) is 16.4 Å². The Kier molecular flexibility index (Phi) is 7.84. The fraction of sp³-hybridized carbons (Fsp3) is 0.208. The van der Waals surface area contributed by atoms with Crippen LogP contribution >= 0.6 is 11.6 Å². The van der Waals surface area contributed by atoms with E-state index in [2.05, 4.69) is 10.0 Å². The molecule has 0 saturated heterocycles. The van der Waals surface area contributed by atoms with Crippen LogP contribution in [0.15, 0.2) is 65.6 Å². The molecule has 174 valence electrons. The van der Waals surface area contributed by atoms with E-state index in [-0.39, 0.29) is 21.9 Å². The predicted molar refractivity (Wildman–Crippen MR) is 129 cm³/mol. The van der Waals surface area contributed by atoms with Crippen LogP contribution in [0.4, 0.5) is 5.69 Å². The molecule has 2 N–H and O–H groups in total. The molecular weight excluding hydrogens is 464 g/mol. The van der Waals surface area contributed by atoms with Crippen molar-refractivity contribution < 1.29 is 22.7 Å². The van der Waals surface area contributed by atoms with Crippen molar-refractivity contribution in [2.45, 2.75) is 18.2 Å². The fourth-order valence-corrected chi connectivity index (χ4v) is 4.70. The maximum absolute atomic E-state index is 13.1. The number of hydrogen-bond donors (Lipinski definition) is 2. The molecule has 3 aromatic rings. The van der Waals surface area contributed by atoms with Crippen LogP contribution in [0.2, 0.25) is 5.02 Å². The number of benzene rings is 3. The molecule has 0 heterocycles. The van der Waals surface area contributed by atoms with Crippen LogP contribution in [-0.2, 0) is 16.4 Å². The number of halogens is 1. The lowest BCUT2D eigenvalue weighted by Crippen LogP contribution is -2.27. The SMILES string of the molecule is COc1ccc(CCNC(=O)c2ccc(Cl)cc2NS(=O)(=O)c2cc(C)ccc2OC)cc1. The maximum Gasteiger partial charge on any atom is 0.265 e. The first-order valence-corrected chi connectivity index (χ1v) is 12.0. The molecule has 0 aliphatic rings. The molecule has 3 aromatic carbocycles. The Labute approximate surface area is 198 Å². The highest BCUT2D eigenvalue weighted by atomic mass is 35.5. The molecule has 0 unspecified atom stereocenters. The van der Waals surface area contributed by atoms with E-state index in [1.54, 1.807) is 26.2 Å².